The Morgan fingerprint density at radius 2 is 1.93 bits per heavy atom. The molecule has 0 aliphatic carbocycles. The van der Waals surface area contributed by atoms with Crippen molar-refractivity contribution >= 4 is 29.9 Å². The number of para-hydroxylation sites is 1. The van der Waals surface area contributed by atoms with Crippen molar-refractivity contribution in [2.75, 3.05) is 0 Å². The standard InChI is InChI=1S/C13H8NOSe.C9H16O2.Ir/c1-2-4-10(5-3-1)15-13-11-7-9-16-12(11)6-8-14-13;1-6(2)8(10)5-9(11)7(3)4;/h1-4,6-9H;5-7,10H,1-4H3;/q-1;;/b;8-5-;. The second-order valence-electron chi connectivity index (χ2n) is 6.56. The zero-order chi connectivity index (χ0) is 19.8. The Bertz CT molecular complexity index is 904. The number of ether oxygens (including phenoxy) is 1. The van der Waals surface area contributed by atoms with E-state index < -0.39 is 0 Å². The van der Waals surface area contributed by atoms with Gasteiger partial charge in [-0.1, -0.05) is 27.7 Å². The molecule has 0 atom stereocenters. The minimum atomic E-state index is -0.0316. The summed E-state index contributed by atoms with van der Waals surface area (Å²) in [4.78, 5) is 17.5. The first kappa shape index (κ1) is 24.3. The second-order valence-corrected chi connectivity index (χ2v) is 8.55. The molecule has 1 aromatic carbocycles. The van der Waals surface area contributed by atoms with Gasteiger partial charge < -0.3 is 5.11 Å². The summed E-state index contributed by atoms with van der Waals surface area (Å²) in [7, 11) is 0. The predicted molar refractivity (Wildman–Crippen MR) is 109 cm³/mol. The molecule has 1 N–H and O–H groups in total. The van der Waals surface area contributed by atoms with Crippen LogP contribution in [0.1, 0.15) is 27.7 Å². The number of benzene rings is 1. The van der Waals surface area contributed by atoms with Crippen molar-refractivity contribution in [1.29, 1.82) is 0 Å². The Labute approximate surface area is 185 Å². The Hall–Kier alpha value is -1.71. The number of nitrogens with zero attached hydrogens (tertiary/aromatic N) is 1. The molecule has 4 nitrogen and oxygen atoms in total. The zero-order valence-corrected chi connectivity index (χ0v) is 20.4. The fraction of sp³-hybridized carbons (Fsp3) is 0.273. The number of aromatic nitrogens is 1. The number of aliphatic hydroxyl groups excluding tert-OH is 1. The molecule has 0 aliphatic heterocycles. The van der Waals surface area contributed by atoms with E-state index in [0.717, 1.165) is 5.39 Å². The van der Waals surface area contributed by atoms with Crippen LogP contribution >= 0.6 is 0 Å². The average molecular weight is 622 g/mol. The number of pyridine rings is 1. The predicted octanol–water partition coefficient (Wildman–Crippen LogP) is 5.19. The van der Waals surface area contributed by atoms with Crippen LogP contribution < -0.4 is 4.74 Å². The van der Waals surface area contributed by atoms with Crippen molar-refractivity contribution in [2.45, 2.75) is 27.7 Å². The first-order valence-corrected chi connectivity index (χ1v) is 10.6. The van der Waals surface area contributed by atoms with E-state index in [1.54, 1.807) is 6.20 Å². The Kier molecular flexibility index (Phi) is 10.4. The molecule has 0 amide bonds. The Morgan fingerprint density at radius 1 is 1.18 bits per heavy atom. The van der Waals surface area contributed by atoms with Gasteiger partial charge >= 0.3 is 99.1 Å². The van der Waals surface area contributed by atoms with Crippen LogP contribution in [-0.2, 0) is 24.9 Å². The number of allylic oxidation sites excluding steroid dienone is 2. The summed E-state index contributed by atoms with van der Waals surface area (Å²) in [5.41, 5.74) is 0. The normalized spacial score (nSPS) is 11.0. The van der Waals surface area contributed by atoms with Crippen LogP contribution in [0.2, 0.25) is 0 Å². The summed E-state index contributed by atoms with van der Waals surface area (Å²) in [5.74, 6) is 1.54. The van der Waals surface area contributed by atoms with Crippen LogP contribution in [0, 0.1) is 17.9 Å². The van der Waals surface area contributed by atoms with Gasteiger partial charge in [-0.05, 0) is 0 Å². The van der Waals surface area contributed by atoms with Gasteiger partial charge in [-0.15, -0.1) is 0 Å². The zero-order valence-electron chi connectivity index (χ0n) is 16.3. The van der Waals surface area contributed by atoms with Crippen LogP contribution in [0.3, 0.4) is 0 Å². The molecule has 6 heteroatoms. The monoisotopic (exact) mass is 623 g/mol. The number of hydrogen-bond donors (Lipinski definition) is 1. The van der Waals surface area contributed by atoms with E-state index in [9.17, 15) is 9.90 Å². The summed E-state index contributed by atoms with van der Waals surface area (Å²) in [5, 5.41) is 10.3. The molecule has 3 aromatic rings. The van der Waals surface area contributed by atoms with Gasteiger partial charge in [0.05, 0.1) is 5.76 Å². The van der Waals surface area contributed by atoms with Gasteiger partial charge in [-0.2, -0.15) is 0 Å². The number of carbonyl (C=O) groups is 1. The molecule has 0 spiro atoms. The van der Waals surface area contributed by atoms with Crippen molar-refractivity contribution in [1.82, 2.24) is 4.98 Å². The molecule has 2 heterocycles. The van der Waals surface area contributed by atoms with Crippen molar-refractivity contribution in [3.63, 3.8) is 0 Å². The number of rotatable bonds is 5. The van der Waals surface area contributed by atoms with Gasteiger partial charge in [0.1, 0.15) is 0 Å². The minimum absolute atomic E-state index is 0. The third-order valence-corrected chi connectivity index (χ3v) is 5.53. The third-order valence-electron chi connectivity index (χ3n) is 3.68. The van der Waals surface area contributed by atoms with Gasteiger partial charge in [0.25, 0.3) is 0 Å². The maximum absolute atomic E-state index is 11.0. The van der Waals surface area contributed by atoms with E-state index in [1.165, 1.54) is 10.3 Å². The van der Waals surface area contributed by atoms with Gasteiger partial charge in [0.2, 0.25) is 0 Å². The summed E-state index contributed by atoms with van der Waals surface area (Å²) in [6.07, 6.45) is 3.11. The molecule has 0 saturated carbocycles. The average Bonchev–Trinajstić information content (AvgIpc) is 3.13. The number of carbonyl (C=O) groups excluding carboxylic acids is 1. The molecule has 151 valence electrons. The van der Waals surface area contributed by atoms with E-state index in [2.05, 4.69) is 28.1 Å². The van der Waals surface area contributed by atoms with Crippen molar-refractivity contribution in [3.8, 4) is 11.6 Å². The SMILES string of the molecule is CC(C)C(=O)/C=C(\O)C(C)C.[Ir].[c-]1ccccc1Oc1nccc2[se]ccc12. The van der Waals surface area contributed by atoms with Crippen LogP contribution in [-0.4, -0.2) is 30.4 Å². The number of fused-ring (bicyclic) bond motifs is 1. The summed E-state index contributed by atoms with van der Waals surface area (Å²) >= 11 is 0.427. The summed E-state index contributed by atoms with van der Waals surface area (Å²) in [6.45, 7) is 7.32. The van der Waals surface area contributed by atoms with E-state index in [-0.39, 0.29) is 43.5 Å². The first-order chi connectivity index (χ1) is 12.9. The van der Waals surface area contributed by atoms with Crippen molar-refractivity contribution < 1.29 is 34.7 Å². The number of ketones is 1. The molecule has 0 fully saturated rings. The molecule has 0 saturated heterocycles. The van der Waals surface area contributed by atoms with Crippen molar-refractivity contribution in [3.05, 3.63) is 65.4 Å². The van der Waals surface area contributed by atoms with E-state index >= 15 is 0 Å². The summed E-state index contributed by atoms with van der Waals surface area (Å²) in [6, 6.07) is 14.7. The van der Waals surface area contributed by atoms with Gasteiger partial charge in [0.15, 0.2) is 5.78 Å². The molecule has 0 unspecified atom stereocenters. The first-order valence-electron chi connectivity index (χ1n) is 8.79. The quantitative estimate of drug-likeness (QED) is 0.185. The fourth-order valence-corrected chi connectivity index (χ4v) is 3.59. The van der Waals surface area contributed by atoms with Gasteiger partial charge in [0, 0.05) is 38.0 Å². The van der Waals surface area contributed by atoms with Crippen molar-refractivity contribution in [2.24, 2.45) is 11.8 Å². The van der Waals surface area contributed by atoms with Crippen LogP contribution in [0.5, 0.6) is 11.6 Å². The number of aliphatic hydroxyl groups is 1. The molecule has 2 aromatic heterocycles. The Morgan fingerprint density at radius 3 is 2.54 bits per heavy atom. The second kappa shape index (κ2) is 12.0. The third kappa shape index (κ3) is 7.37. The molecular weight excluding hydrogens is 597 g/mol. The molecule has 1 radical (unpaired) electrons. The summed E-state index contributed by atoms with van der Waals surface area (Å²) < 4.78 is 7.04. The fourth-order valence-electron chi connectivity index (χ4n) is 1.97. The molecular formula is C22H24IrNO3Se-. The maximum atomic E-state index is 11.0. The molecule has 0 aliphatic rings. The number of hydrogen-bond acceptors (Lipinski definition) is 4. The van der Waals surface area contributed by atoms with Crippen LogP contribution in [0.15, 0.2) is 59.4 Å². The topological polar surface area (TPSA) is 59.4 Å². The molecule has 0 bridgehead atoms. The van der Waals surface area contributed by atoms with Gasteiger partial charge in [-0.25, -0.2) is 0 Å². The Balaban J connectivity index is 0.000000292. The molecule has 28 heavy (non-hydrogen) atoms. The van der Waals surface area contributed by atoms with Crippen LogP contribution in [0.25, 0.3) is 9.65 Å². The van der Waals surface area contributed by atoms with E-state index in [0.29, 0.717) is 26.1 Å². The molecule has 3 rings (SSSR count). The van der Waals surface area contributed by atoms with E-state index in [4.69, 9.17) is 4.74 Å². The van der Waals surface area contributed by atoms with Crippen LogP contribution in [0.4, 0.5) is 0 Å². The van der Waals surface area contributed by atoms with E-state index in [1.807, 2.05) is 52.0 Å². The van der Waals surface area contributed by atoms with Gasteiger partial charge in [-0.3, -0.25) is 4.79 Å².